The molecule has 2 amide bonds. The number of rotatable bonds is 8. The van der Waals surface area contributed by atoms with Gasteiger partial charge >= 0.3 is 0 Å². The zero-order valence-electron chi connectivity index (χ0n) is 18.3. The molecule has 0 radical (unpaired) electrons. The van der Waals surface area contributed by atoms with Gasteiger partial charge in [-0.2, -0.15) is 5.26 Å². The predicted molar refractivity (Wildman–Crippen MR) is 127 cm³/mol. The second-order valence-electron chi connectivity index (χ2n) is 7.13. The number of hydrogen-bond acceptors (Lipinski definition) is 5. The van der Waals surface area contributed by atoms with Gasteiger partial charge in [-0.3, -0.25) is 9.59 Å². The van der Waals surface area contributed by atoms with Crippen molar-refractivity contribution >= 4 is 29.3 Å². The average molecular weight is 441 g/mol. The fraction of sp³-hybridized carbons (Fsp3) is 0.115. The number of ether oxygens (including phenoxy) is 2. The van der Waals surface area contributed by atoms with Crippen LogP contribution in [0.1, 0.15) is 11.1 Å². The number of benzene rings is 3. The Balaban J connectivity index is 1.56. The van der Waals surface area contributed by atoms with E-state index in [1.54, 1.807) is 55.6 Å². The molecule has 3 rings (SSSR count). The molecule has 3 aromatic rings. The van der Waals surface area contributed by atoms with E-state index in [-0.39, 0.29) is 18.1 Å². The second kappa shape index (κ2) is 11.2. The number of carbonyl (C=O) groups is 2. The van der Waals surface area contributed by atoms with Crippen LogP contribution >= 0.6 is 0 Å². The summed E-state index contributed by atoms with van der Waals surface area (Å²) >= 11 is 0. The third-order valence-electron chi connectivity index (χ3n) is 4.58. The van der Waals surface area contributed by atoms with Crippen LogP contribution in [0.25, 0.3) is 6.08 Å². The van der Waals surface area contributed by atoms with Gasteiger partial charge in [-0.1, -0.05) is 24.3 Å². The molecular weight excluding hydrogens is 418 g/mol. The van der Waals surface area contributed by atoms with Gasteiger partial charge in [-0.15, -0.1) is 0 Å². The molecule has 0 saturated carbocycles. The van der Waals surface area contributed by atoms with E-state index in [2.05, 4.69) is 10.6 Å². The summed E-state index contributed by atoms with van der Waals surface area (Å²) in [6.07, 6.45) is 1.48. The van der Waals surface area contributed by atoms with E-state index >= 15 is 0 Å². The number of anilines is 2. The Morgan fingerprint density at radius 2 is 1.64 bits per heavy atom. The predicted octanol–water partition coefficient (Wildman–Crippen LogP) is 4.57. The summed E-state index contributed by atoms with van der Waals surface area (Å²) in [4.78, 5) is 24.5. The van der Waals surface area contributed by atoms with Crippen molar-refractivity contribution in [3.8, 4) is 17.6 Å². The molecule has 0 heterocycles. The molecule has 0 fully saturated rings. The maximum absolute atomic E-state index is 12.4. The van der Waals surface area contributed by atoms with Crippen LogP contribution < -0.4 is 20.1 Å². The van der Waals surface area contributed by atoms with Gasteiger partial charge in [0.25, 0.3) is 11.8 Å². The highest BCUT2D eigenvalue weighted by molar-refractivity contribution is 6.09. The molecule has 7 nitrogen and oxygen atoms in total. The Bertz CT molecular complexity index is 1190. The van der Waals surface area contributed by atoms with Gasteiger partial charge in [0.15, 0.2) is 6.61 Å². The van der Waals surface area contributed by atoms with Gasteiger partial charge in [0.2, 0.25) is 0 Å². The van der Waals surface area contributed by atoms with Crippen LogP contribution in [-0.2, 0) is 9.59 Å². The van der Waals surface area contributed by atoms with Crippen molar-refractivity contribution in [3.63, 3.8) is 0 Å². The monoisotopic (exact) mass is 441 g/mol. The standard InChI is InChI=1S/C26H23N3O4/c1-18-4-3-5-22(14-18)28-25(30)17-33-24-10-6-19(7-11-24)15-20(16-27)26(31)29-21-8-12-23(32-2)13-9-21/h3-15H,17H2,1-2H3,(H,28,30)(H,29,31)/b20-15+. The van der Waals surface area contributed by atoms with E-state index in [4.69, 9.17) is 9.47 Å². The molecule has 0 aliphatic carbocycles. The van der Waals surface area contributed by atoms with Crippen molar-refractivity contribution in [2.75, 3.05) is 24.4 Å². The molecule has 0 atom stereocenters. The maximum Gasteiger partial charge on any atom is 0.266 e. The molecule has 0 unspecified atom stereocenters. The Hall–Kier alpha value is -4.57. The highest BCUT2D eigenvalue weighted by atomic mass is 16.5. The molecular formula is C26H23N3O4. The first-order valence-corrected chi connectivity index (χ1v) is 10.1. The number of methoxy groups -OCH3 is 1. The largest absolute Gasteiger partial charge is 0.497 e. The van der Waals surface area contributed by atoms with Gasteiger partial charge in [0, 0.05) is 11.4 Å². The summed E-state index contributed by atoms with van der Waals surface area (Å²) in [5, 5.41) is 14.8. The number of nitriles is 1. The summed E-state index contributed by atoms with van der Waals surface area (Å²) in [6.45, 7) is 1.80. The summed E-state index contributed by atoms with van der Waals surface area (Å²) in [7, 11) is 1.56. The molecule has 0 aromatic heterocycles. The minimum Gasteiger partial charge on any atom is -0.497 e. The molecule has 2 N–H and O–H groups in total. The van der Waals surface area contributed by atoms with Crippen LogP contribution in [0.15, 0.2) is 78.4 Å². The van der Waals surface area contributed by atoms with Crippen molar-refractivity contribution in [2.45, 2.75) is 6.92 Å². The zero-order chi connectivity index (χ0) is 23.6. The van der Waals surface area contributed by atoms with Gasteiger partial charge in [0.1, 0.15) is 23.1 Å². The van der Waals surface area contributed by atoms with Crippen LogP contribution in [0.4, 0.5) is 11.4 Å². The van der Waals surface area contributed by atoms with Crippen molar-refractivity contribution in [1.29, 1.82) is 5.26 Å². The molecule has 7 heteroatoms. The van der Waals surface area contributed by atoms with Crippen LogP contribution in [0.5, 0.6) is 11.5 Å². The Morgan fingerprint density at radius 3 is 2.27 bits per heavy atom. The molecule has 0 saturated heterocycles. The normalized spacial score (nSPS) is 10.6. The minimum atomic E-state index is -0.518. The molecule has 3 aromatic carbocycles. The first-order valence-electron chi connectivity index (χ1n) is 10.1. The third-order valence-corrected chi connectivity index (χ3v) is 4.58. The number of carbonyl (C=O) groups excluding carboxylic acids is 2. The van der Waals surface area contributed by atoms with Crippen LogP contribution in [0.2, 0.25) is 0 Å². The van der Waals surface area contributed by atoms with Crippen LogP contribution in [0.3, 0.4) is 0 Å². The molecule has 166 valence electrons. The van der Waals surface area contributed by atoms with Gasteiger partial charge in [-0.25, -0.2) is 0 Å². The molecule has 0 spiro atoms. The van der Waals surface area contributed by atoms with E-state index in [0.717, 1.165) is 5.56 Å². The molecule has 0 aliphatic heterocycles. The summed E-state index contributed by atoms with van der Waals surface area (Å²) < 4.78 is 10.6. The van der Waals surface area contributed by atoms with Gasteiger partial charge in [-0.05, 0) is 72.7 Å². The summed E-state index contributed by atoms with van der Waals surface area (Å²) in [5.41, 5.74) is 2.91. The fourth-order valence-corrected chi connectivity index (χ4v) is 2.92. The van der Waals surface area contributed by atoms with Gasteiger partial charge < -0.3 is 20.1 Å². The van der Waals surface area contributed by atoms with Crippen molar-refractivity contribution in [1.82, 2.24) is 0 Å². The smallest absolute Gasteiger partial charge is 0.266 e. The number of amides is 2. The first kappa shape index (κ1) is 23.1. The number of aryl methyl sites for hydroxylation is 1. The quantitative estimate of drug-likeness (QED) is 0.394. The minimum absolute atomic E-state index is 0.0444. The van der Waals surface area contributed by atoms with Gasteiger partial charge in [0.05, 0.1) is 7.11 Å². The number of hydrogen-bond donors (Lipinski definition) is 2. The van der Waals surface area contributed by atoms with Crippen LogP contribution in [-0.4, -0.2) is 25.5 Å². The fourth-order valence-electron chi connectivity index (χ4n) is 2.92. The van der Waals surface area contributed by atoms with E-state index in [1.165, 1.54) is 6.08 Å². The molecule has 0 aliphatic rings. The van der Waals surface area contributed by atoms with E-state index in [9.17, 15) is 14.9 Å². The van der Waals surface area contributed by atoms with Crippen molar-refractivity contribution in [2.24, 2.45) is 0 Å². The van der Waals surface area contributed by atoms with Crippen LogP contribution in [0, 0.1) is 18.3 Å². The lowest BCUT2D eigenvalue weighted by molar-refractivity contribution is -0.118. The summed E-state index contributed by atoms with van der Waals surface area (Å²) in [6, 6.07) is 22.9. The lowest BCUT2D eigenvalue weighted by atomic mass is 10.1. The molecule has 0 bridgehead atoms. The highest BCUT2D eigenvalue weighted by Crippen LogP contribution is 2.18. The van der Waals surface area contributed by atoms with Crippen molar-refractivity contribution < 1.29 is 19.1 Å². The number of nitrogens with zero attached hydrogens (tertiary/aromatic N) is 1. The Kier molecular flexibility index (Phi) is 7.81. The number of nitrogens with one attached hydrogen (secondary N) is 2. The van der Waals surface area contributed by atoms with E-state index < -0.39 is 5.91 Å². The van der Waals surface area contributed by atoms with E-state index in [1.807, 2.05) is 37.3 Å². The van der Waals surface area contributed by atoms with Crippen molar-refractivity contribution in [3.05, 3.63) is 89.5 Å². The summed E-state index contributed by atoms with van der Waals surface area (Å²) in [5.74, 6) is 0.370. The zero-order valence-corrected chi connectivity index (χ0v) is 18.3. The highest BCUT2D eigenvalue weighted by Gasteiger charge is 2.10. The second-order valence-corrected chi connectivity index (χ2v) is 7.13. The first-order chi connectivity index (χ1) is 16.0. The lowest BCUT2D eigenvalue weighted by Crippen LogP contribution is -2.20. The Labute approximate surface area is 192 Å². The lowest BCUT2D eigenvalue weighted by Gasteiger charge is -2.08. The maximum atomic E-state index is 12.4. The molecule has 33 heavy (non-hydrogen) atoms. The topological polar surface area (TPSA) is 100 Å². The third kappa shape index (κ3) is 6.97. The average Bonchev–Trinajstić information content (AvgIpc) is 2.82. The SMILES string of the molecule is COc1ccc(NC(=O)/C(C#N)=C/c2ccc(OCC(=O)Nc3cccc(C)c3)cc2)cc1. The van der Waals surface area contributed by atoms with E-state index in [0.29, 0.717) is 28.4 Å². The Morgan fingerprint density at radius 1 is 0.939 bits per heavy atom.